The molecule has 1 rings (SSSR count). The minimum Gasteiger partial charge on any atom is -0.391 e. The number of aliphatic hydroxyl groups is 1. The van der Waals surface area contributed by atoms with Crippen LogP contribution in [0.3, 0.4) is 0 Å². The van der Waals surface area contributed by atoms with E-state index in [4.69, 9.17) is 0 Å². The maximum atomic E-state index is 11.7. The molecular weight excluding hydrogens is 284 g/mol. The van der Waals surface area contributed by atoms with Crippen molar-refractivity contribution in [2.75, 3.05) is 6.54 Å². The number of hydrogen-bond donors (Lipinski definition) is 2. The highest BCUT2D eigenvalue weighted by Crippen LogP contribution is 2.27. The van der Waals surface area contributed by atoms with Gasteiger partial charge in [0, 0.05) is 29.1 Å². The molecule has 0 radical (unpaired) electrons. The van der Waals surface area contributed by atoms with Crippen molar-refractivity contribution >= 4 is 23.3 Å². The Labute approximate surface area is 131 Å². The lowest BCUT2D eigenvalue weighted by molar-refractivity contribution is -0.117. The summed E-state index contributed by atoms with van der Waals surface area (Å²) in [6, 6.07) is 0. The average Bonchev–Trinajstić information content (AvgIpc) is 2.80. The summed E-state index contributed by atoms with van der Waals surface area (Å²) < 4.78 is 0. The zero-order valence-electron chi connectivity index (χ0n) is 13.7. The van der Waals surface area contributed by atoms with Gasteiger partial charge >= 0.3 is 0 Å². The van der Waals surface area contributed by atoms with E-state index in [2.05, 4.69) is 31.1 Å². The lowest BCUT2D eigenvalue weighted by Crippen LogP contribution is -2.38. The van der Waals surface area contributed by atoms with Crippen molar-refractivity contribution in [3.63, 3.8) is 0 Å². The fourth-order valence-electron chi connectivity index (χ4n) is 1.43. The van der Waals surface area contributed by atoms with Crippen LogP contribution in [0.5, 0.6) is 0 Å². The molecule has 0 aliphatic rings. The van der Waals surface area contributed by atoms with Crippen molar-refractivity contribution in [1.29, 1.82) is 0 Å². The number of aliphatic hydroxyl groups excluding tert-OH is 1. The summed E-state index contributed by atoms with van der Waals surface area (Å²) in [6.07, 6.45) is 4.45. The number of carbonyl (C=O) groups is 1. The maximum Gasteiger partial charge on any atom is 0.244 e. The van der Waals surface area contributed by atoms with Gasteiger partial charge in [-0.15, -0.1) is 11.3 Å². The Bertz CT molecular complexity index is 507. The molecule has 0 aromatic carbocycles. The summed E-state index contributed by atoms with van der Waals surface area (Å²) in [5.74, 6) is -0.205. The fourth-order valence-corrected chi connectivity index (χ4v) is 2.31. The normalized spacial score (nSPS) is 14.4. The fraction of sp³-hybridized carbons (Fsp3) is 0.625. The van der Waals surface area contributed by atoms with Gasteiger partial charge in [0.1, 0.15) is 0 Å². The Morgan fingerprint density at radius 1 is 1.38 bits per heavy atom. The monoisotopic (exact) mass is 310 g/mol. The minimum absolute atomic E-state index is 0.0236. The zero-order valence-corrected chi connectivity index (χ0v) is 14.5. The molecule has 1 unspecified atom stereocenters. The van der Waals surface area contributed by atoms with E-state index in [-0.39, 0.29) is 23.3 Å². The second-order valence-corrected chi connectivity index (χ2v) is 8.34. The van der Waals surface area contributed by atoms with Crippen LogP contribution in [0.4, 0.5) is 0 Å². The molecule has 2 N–H and O–H groups in total. The van der Waals surface area contributed by atoms with E-state index in [9.17, 15) is 9.90 Å². The van der Waals surface area contributed by atoms with Crippen LogP contribution in [-0.2, 0) is 10.2 Å². The van der Waals surface area contributed by atoms with Gasteiger partial charge in [-0.25, -0.2) is 4.98 Å². The highest BCUT2D eigenvalue weighted by atomic mass is 32.1. The third-order valence-electron chi connectivity index (χ3n) is 3.03. The molecule has 1 aromatic rings. The summed E-state index contributed by atoms with van der Waals surface area (Å²) in [6.45, 7) is 12.4. The van der Waals surface area contributed by atoms with E-state index < -0.39 is 6.10 Å². The lowest BCUT2D eigenvalue weighted by Gasteiger charge is -2.25. The summed E-state index contributed by atoms with van der Waals surface area (Å²) in [5.41, 5.74) is -0.216. The van der Waals surface area contributed by atoms with Crippen LogP contribution in [0.2, 0.25) is 0 Å². The van der Waals surface area contributed by atoms with Gasteiger partial charge in [0.05, 0.1) is 11.1 Å². The molecule has 4 nitrogen and oxygen atoms in total. The number of thiazole rings is 1. The molecule has 0 bridgehead atoms. The molecule has 1 amide bonds. The van der Waals surface area contributed by atoms with E-state index in [1.165, 1.54) is 6.08 Å². The molecule has 21 heavy (non-hydrogen) atoms. The van der Waals surface area contributed by atoms with E-state index >= 15 is 0 Å². The van der Waals surface area contributed by atoms with Gasteiger partial charge in [0.15, 0.2) is 0 Å². The van der Waals surface area contributed by atoms with Crippen molar-refractivity contribution in [3.8, 4) is 0 Å². The third kappa shape index (κ3) is 5.98. The SMILES string of the molecule is CC(C)(C)c1ncc(/C=C/C(=O)NCC(O)C(C)(C)C)s1. The average molecular weight is 310 g/mol. The smallest absolute Gasteiger partial charge is 0.244 e. The van der Waals surface area contributed by atoms with Crippen LogP contribution in [0.15, 0.2) is 12.3 Å². The zero-order chi connectivity index (χ0) is 16.3. The molecule has 0 fully saturated rings. The van der Waals surface area contributed by atoms with Gasteiger partial charge < -0.3 is 10.4 Å². The van der Waals surface area contributed by atoms with E-state index in [0.717, 1.165) is 9.88 Å². The highest BCUT2D eigenvalue weighted by molar-refractivity contribution is 7.12. The first kappa shape index (κ1) is 17.9. The Balaban J connectivity index is 2.53. The Hall–Kier alpha value is -1.20. The summed E-state index contributed by atoms with van der Waals surface area (Å²) in [4.78, 5) is 17.0. The third-order valence-corrected chi connectivity index (χ3v) is 4.42. The quantitative estimate of drug-likeness (QED) is 0.840. The van der Waals surface area contributed by atoms with Crippen LogP contribution in [0, 0.1) is 5.41 Å². The molecule has 1 heterocycles. The van der Waals surface area contributed by atoms with Crippen molar-refractivity contribution in [1.82, 2.24) is 10.3 Å². The number of hydrogen-bond acceptors (Lipinski definition) is 4. The van der Waals surface area contributed by atoms with Crippen LogP contribution in [-0.4, -0.2) is 28.6 Å². The molecule has 0 aliphatic heterocycles. The maximum absolute atomic E-state index is 11.7. The van der Waals surface area contributed by atoms with E-state index in [1.54, 1.807) is 23.6 Å². The Morgan fingerprint density at radius 2 is 2.00 bits per heavy atom. The molecule has 1 atom stereocenters. The highest BCUT2D eigenvalue weighted by Gasteiger charge is 2.22. The van der Waals surface area contributed by atoms with Crippen molar-refractivity contribution < 1.29 is 9.90 Å². The Kier molecular flexibility index (Phi) is 5.70. The molecule has 118 valence electrons. The van der Waals surface area contributed by atoms with Gasteiger partial charge in [-0.1, -0.05) is 41.5 Å². The van der Waals surface area contributed by atoms with Crippen LogP contribution in [0.1, 0.15) is 51.4 Å². The predicted molar refractivity (Wildman–Crippen MR) is 88.3 cm³/mol. The van der Waals surface area contributed by atoms with E-state index in [0.29, 0.717) is 0 Å². The lowest BCUT2D eigenvalue weighted by atomic mass is 9.89. The Morgan fingerprint density at radius 3 is 2.48 bits per heavy atom. The number of rotatable bonds is 4. The molecule has 0 saturated carbocycles. The number of nitrogens with zero attached hydrogens (tertiary/aromatic N) is 1. The summed E-state index contributed by atoms with van der Waals surface area (Å²) in [7, 11) is 0. The van der Waals surface area contributed by atoms with Crippen molar-refractivity contribution in [3.05, 3.63) is 22.2 Å². The summed E-state index contributed by atoms with van der Waals surface area (Å²) >= 11 is 1.58. The van der Waals surface area contributed by atoms with Gasteiger partial charge in [-0.2, -0.15) is 0 Å². The van der Waals surface area contributed by atoms with Crippen LogP contribution in [0.25, 0.3) is 6.08 Å². The first-order valence-corrected chi connectivity index (χ1v) is 7.92. The van der Waals surface area contributed by atoms with Crippen LogP contribution < -0.4 is 5.32 Å². The largest absolute Gasteiger partial charge is 0.391 e. The van der Waals surface area contributed by atoms with E-state index in [1.807, 2.05) is 20.8 Å². The van der Waals surface area contributed by atoms with Gasteiger partial charge in [0.2, 0.25) is 5.91 Å². The number of nitrogens with one attached hydrogen (secondary N) is 1. The second kappa shape index (κ2) is 6.71. The number of amides is 1. The van der Waals surface area contributed by atoms with Gasteiger partial charge in [-0.05, 0) is 11.5 Å². The molecule has 5 heteroatoms. The topological polar surface area (TPSA) is 62.2 Å². The molecule has 0 saturated heterocycles. The number of aromatic nitrogens is 1. The predicted octanol–water partition coefficient (Wildman–Crippen LogP) is 2.98. The molecule has 1 aromatic heterocycles. The second-order valence-electron chi connectivity index (χ2n) is 7.28. The molecule has 0 spiro atoms. The molecule has 0 aliphatic carbocycles. The first-order valence-electron chi connectivity index (χ1n) is 7.10. The van der Waals surface area contributed by atoms with Gasteiger partial charge in [-0.3, -0.25) is 4.79 Å². The first-order chi connectivity index (χ1) is 9.50. The molecular formula is C16H26N2O2S. The van der Waals surface area contributed by atoms with Gasteiger partial charge in [0.25, 0.3) is 0 Å². The van der Waals surface area contributed by atoms with Crippen LogP contribution >= 0.6 is 11.3 Å². The minimum atomic E-state index is -0.564. The van der Waals surface area contributed by atoms with Crippen molar-refractivity contribution in [2.45, 2.75) is 53.1 Å². The standard InChI is InChI=1S/C16H26N2O2S/c1-15(2,3)12(19)10-17-13(20)8-7-11-9-18-14(21-11)16(4,5)6/h7-9,12,19H,10H2,1-6H3,(H,17,20)/b8-7+. The van der Waals surface area contributed by atoms with Crippen molar-refractivity contribution in [2.24, 2.45) is 5.41 Å². The number of carbonyl (C=O) groups excluding carboxylic acids is 1. The summed E-state index contributed by atoms with van der Waals surface area (Å²) in [5, 5.41) is 13.6.